The Morgan fingerprint density at radius 2 is 2.12 bits per heavy atom. The summed E-state index contributed by atoms with van der Waals surface area (Å²) < 4.78 is 12.2. The van der Waals surface area contributed by atoms with Gasteiger partial charge in [0.05, 0.1) is 0 Å². The van der Waals surface area contributed by atoms with Gasteiger partial charge < -0.3 is 0 Å². The molecule has 2 aromatic rings. The molecule has 1 aromatic heterocycles. The average Bonchev–Trinajstić information content (AvgIpc) is 2.67. The molecule has 84 valence electrons. The van der Waals surface area contributed by atoms with Gasteiger partial charge in [-0.3, -0.25) is 0 Å². The van der Waals surface area contributed by atoms with Crippen molar-refractivity contribution in [3.8, 4) is 5.75 Å². The van der Waals surface area contributed by atoms with Crippen molar-refractivity contribution in [1.82, 2.24) is 0 Å². The summed E-state index contributed by atoms with van der Waals surface area (Å²) in [6, 6.07) is 7.92. The van der Waals surface area contributed by atoms with Crippen molar-refractivity contribution < 1.29 is 14.3 Å². The van der Waals surface area contributed by atoms with Gasteiger partial charge in [-0.2, -0.15) is 0 Å². The fourth-order valence-electron chi connectivity index (χ4n) is 1.56. The van der Waals surface area contributed by atoms with Gasteiger partial charge >= 0.3 is 99.5 Å². The topological polar surface area (TPSA) is 35.5 Å². The molecule has 2 rings (SSSR count). The van der Waals surface area contributed by atoms with E-state index in [1.165, 1.54) is 4.26 Å². The van der Waals surface area contributed by atoms with Crippen LogP contribution in [0.5, 0.6) is 5.75 Å². The fourth-order valence-corrected chi connectivity index (χ4v) is 3.79. The van der Waals surface area contributed by atoms with Crippen molar-refractivity contribution in [2.45, 2.75) is 6.92 Å². The van der Waals surface area contributed by atoms with Gasteiger partial charge in [0.15, 0.2) is 0 Å². The van der Waals surface area contributed by atoms with E-state index >= 15 is 0 Å². The summed E-state index contributed by atoms with van der Waals surface area (Å²) in [6.07, 6.45) is 0. The third-order valence-electron chi connectivity index (χ3n) is 2.21. The van der Waals surface area contributed by atoms with E-state index in [4.69, 9.17) is 9.47 Å². The standard InChI is InChI=1S/C12H12O3Se/c1-3-15-12(13)11-10(14-2)8-6-4-5-7-9(8)16-11/h4-7H,3H2,1-2H3. The summed E-state index contributed by atoms with van der Waals surface area (Å²) in [6.45, 7) is 2.20. The molecule has 0 saturated heterocycles. The molecule has 0 radical (unpaired) electrons. The molecule has 0 saturated carbocycles. The third-order valence-corrected chi connectivity index (χ3v) is 4.59. The van der Waals surface area contributed by atoms with Gasteiger partial charge in [0.2, 0.25) is 0 Å². The van der Waals surface area contributed by atoms with Crippen LogP contribution in [0.15, 0.2) is 24.3 Å². The van der Waals surface area contributed by atoms with Gasteiger partial charge in [0, 0.05) is 0 Å². The van der Waals surface area contributed by atoms with Crippen LogP contribution in [0.4, 0.5) is 0 Å². The molecule has 0 amide bonds. The van der Waals surface area contributed by atoms with Crippen LogP contribution >= 0.6 is 0 Å². The van der Waals surface area contributed by atoms with Crippen molar-refractivity contribution >= 4 is 30.1 Å². The second-order valence-electron chi connectivity index (χ2n) is 3.18. The van der Waals surface area contributed by atoms with Crippen LogP contribution in [0, 0.1) is 0 Å². The molecular weight excluding hydrogens is 271 g/mol. The van der Waals surface area contributed by atoms with Crippen LogP contribution in [0.2, 0.25) is 0 Å². The molecule has 0 unspecified atom stereocenters. The van der Waals surface area contributed by atoms with E-state index in [1.54, 1.807) is 14.0 Å². The van der Waals surface area contributed by atoms with Gasteiger partial charge in [0.1, 0.15) is 0 Å². The Labute approximate surface area is 99.7 Å². The number of esters is 1. The normalized spacial score (nSPS) is 10.4. The zero-order valence-electron chi connectivity index (χ0n) is 9.15. The molecule has 4 heteroatoms. The Bertz CT molecular complexity index is 516. The quantitative estimate of drug-likeness (QED) is 0.639. The summed E-state index contributed by atoms with van der Waals surface area (Å²) in [5.41, 5.74) is 0. The Hall–Kier alpha value is -1.25. The fraction of sp³-hybridized carbons (Fsp3) is 0.250. The third kappa shape index (κ3) is 1.86. The minimum absolute atomic E-state index is 0.00576. The number of benzene rings is 1. The molecule has 0 atom stereocenters. The van der Waals surface area contributed by atoms with Crippen LogP contribution in [-0.4, -0.2) is 34.2 Å². The second kappa shape index (κ2) is 4.72. The van der Waals surface area contributed by atoms with E-state index in [9.17, 15) is 4.79 Å². The number of hydrogen-bond acceptors (Lipinski definition) is 3. The second-order valence-corrected chi connectivity index (χ2v) is 5.39. The van der Waals surface area contributed by atoms with Crippen LogP contribution in [0.25, 0.3) is 9.65 Å². The van der Waals surface area contributed by atoms with Crippen molar-refractivity contribution in [2.75, 3.05) is 13.7 Å². The van der Waals surface area contributed by atoms with Crippen molar-refractivity contribution in [1.29, 1.82) is 0 Å². The number of carbonyl (C=O) groups excluding carboxylic acids is 1. The Balaban J connectivity index is 2.56. The monoisotopic (exact) mass is 284 g/mol. The Morgan fingerprint density at radius 3 is 2.81 bits per heavy atom. The molecule has 1 heterocycles. The molecule has 16 heavy (non-hydrogen) atoms. The van der Waals surface area contributed by atoms with Gasteiger partial charge in [-0.05, 0) is 0 Å². The molecule has 0 spiro atoms. The number of carbonyl (C=O) groups is 1. The number of methoxy groups -OCH3 is 1. The summed E-state index contributed by atoms with van der Waals surface area (Å²) in [4.78, 5) is 11.7. The molecule has 0 aliphatic rings. The first-order chi connectivity index (χ1) is 7.77. The average molecular weight is 283 g/mol. The summed E-state index contributed by atoms with van der Waals surface area (Å²) >= 11 is -0.00576. The first kappa shape index (κ1) is 11.2. The van der Waals surface area contributed by atoms with Gasteiger partial charge in [-0.15, -0.1) is 0 Å². The van der Waals surface area contributed by atoms with Gasteiger partial charge in [0.25, 0.3) is 0 Å². The minimum atomic E-state index is -0.254. The maximum atomic E-state index is 11.7. The zero-order valence-corrected chi connectivity index (χ0v) is 10.9. The van der Waals surface area contributed by atoms with E-state index < -0.39 is 0 Å². The summed E-state index contributed by atoms with van der Waals surface area (Å²) in [7, 11) is 1.59. The SMILES string of the molecule is CCOC(=O)c1[se]c2ccccc2c1OC. The van der Waals surface area contributed by atoms with E-state index in [0.717, 1.165) is 5.39 Å². The zero-order chi connectivity index (χ0) is 11.5. The Morgan fingerprint density at radius 1 is 1.38 bits per heavy atom. The van der Waals surface area contributed by atoms with Crippen molar-refractivity contribution in [3.63, 3.8) is 0 Å². The molecule has 0 N–H and O–H groups in total. The molecule has 0 bridgehead atoms. The van der Waals surface area contributed by atoms with Crippen LogP contribution in [0.1, 0.15) is 16.2 Å². The molecule has 0 fully saturated rings. The van der Waals surface area contributed by atoms with Crippen molar-refractivity contribution in [3.05, 3.63) is 28.7 Å². The van der Waals surface area contributed by atoms with E-state index in [2.05, 4.69) is 0 Å². The van der Waals surface area contributed by atoms with Crippen LogP contribution in [0.3, 0.4) is 0 Å². The van der Waals surface area contributed by atoms with E-state index in [-0.39, 0.29) is 20.5 Å². The molecule has 1 aromatic carbocycles. The number of fused-ring (bicyclic) bond motifs is 1. The van der Waals surface area contributed by atoms with Crippen molar-refractivity contribution in [2.24, 2.45) is 0 Å². The molecule has 0 aliphatic carbocycles. The van der Waals surface area contributed by atoms with Crippen LogP contribution < -0.4 is 4.74 Å². The first-order valence-electron chi connectivity index (χ1n) is 5.00. The Kier molecular flexibility index (Phi) is 3.32. The molecular formula is C12H12O3Se. The summed E-state index contributed by atoms with van der Waals surface area (Å²) in [5.74, 6) is 0.421. The van der Waals surface area contributed by atoms with E-state index in [1.807, 2.05) is 24.3 Å². The predicted molar refractivity (Wildman–Crippen MR) is 63.4 cm³/mol. The molecule has 0 aliphatic heterocycles. The number of hydrogen-bond donors (Lipinski definition) is 0. The first-order valence-corrected chi connectivity index (χ1v) is 6.72. The predicted octanol–water partition coefficient (Wildman–Crippen LogP) is 2.08. The summed E-state index contributed by atoms with van der Waals surface area (Å²) in [5, 5.41) is 1.02. The number of ether oxygens (including phenoxy) is 2. The van der Waals surface area contributed by atoms with Crippen LogP contribution in [-0.2, 0) is 4.74 Å². The maximum absolute atomic E-state index is 11.7. The van der Waals surface area contributed by atoms with Gasteiger partial charge in [-0.25, -0.2) is 0 Å². The number of rotatable bonds is 3. The molecule has 3 nitrogen and oxygen atoms in total. The van der Waals surface area contributed by atoms with E-state index in [0.29, 0.717) is 16.8 Å². The van der Waals surface area contributed by atoms with Gasteiger partial charge in [-0.1, -0.05) is 0 Å².